The predicted octanol–water partition coefficient (Wildman–Crippen LogP) is 10.2. The molecular weight excluding hydrogens is 1170 g/mol. The van der Waals surface area contributed by atoms with Gasteiger partial charge >= 0.3 is 0 Å². The van der Waals surface area contributed by atoms with Crippen LogP contribution in [0.2, 0.25) is 0 Å². The number of allylic oxidation sites excluding steroid dienone is 7. The van der Waals surface area contributed by atoms with Gasteiger partial charge in [-0.2, -0.15) is 0 Å². The van der Waals surface area contributed by atoms with Crippen LogP contribution in [0.4, 0.5) is 0 Å². The summed E-state index contributed by atoms with van der Waals surface area (Å²) in [5.41, 5.74) is 0. The van der Waals surface area contributed by atoms with E-state index in [1.807, 2.05) is 6.08 Å². The van der Waals surface area contributed by atoms with Crippen molar-refractivity contribution in [1.29, 1.82) is 0 Å². The van der Waals surface area contributed by atoms with Crippen molar-refractivity contribution in [3.63, 3.8) is 0 Å². The molecule has 3 fully saturated rings. The van der Waals surface area contributed by atoms with Crippen LogP contribution in [-0.4, -0.2) is 193 Å². The van der Waals surface area contributed by atoms with Gasteiger partial charge in [-0.3, -0.25) is 4.79 Å². The van der Waals surface area contributed by atoms with Crippen LogP contribution in [0.3, 0.4) is 0 Å². The summed E-state index contributed by atoms with van der Waals surface area (Å²) in [6.45, 7) is 1.74. The van der Waals surface area contributed by atoms with E-state index in [2.05, 4.69) is 55.6 Å². The molecule has 91 heavy (non-hydrogen) atoms. The predicted molar refractivity (Wildman–Crippen MR) is 356 cm³/mol. The second-order valence-corrected chi connectivity index (χ2v) is 26.1. The Kier molecular flexibility index (Phi) is 49.1. The number of carbonyl (C=O) groups excluding carboxylic acids is 1. The zero-order valence-electron chi connectivity index (χ0n) is 56.3. The van der Waals surface area contributed by atoms with Gasteiger partial charge in [0.05, 0.1) is 38.6 Å². The van der Waals surface area contributed by atoms with Crippen molar-refractivity contribution >= 4 is 5.91 Å². The lowest BCUT2D eigenvalue weighted by Gasteiger charge is -2.48. The van der Waals surface area contributed by atoms with Gasteiger partial charge in [-0.25, -0.2) is 0 Å². The highest BCUT2D eigenvalue weighted by Gasteiger charge is 2.53. The van der Waals surface area contributed by atoms with Gasteiger partial charge in [-0.15, -0.1) is 0 Å². The molecule has 1 amide bonds. The first-order valence-electron chi connectivity index (χ1n) is 36.4. The Morgan fingerprint density at radius 1 is 0.396 bits per heavy atom. The van der Waals surface area contributed by atoms with E-state index in [9.17, 15) is 61.0 Å². The lowest BCUT2D eigenvalue weighted by atomic mass is 9.96. The van der Waals surface area contributed by atoms with Gasteiger partial charge < -0.3 is 89.9 Å². The number of hydrogen-bond acceptors (Lipinski definition) is 18. The Labute approximate surface area is 548 Å². The average molecular weight is 1300 g/mol. The number of rotatable bonds is 56. The number of ether oxygens (including phenoxy) is 6. The summed E-state index contributed by atoms with van der Waals surface area (Å²) >= 11 is 0. The maximum absolute atomic E-state index is 13.4. The highest BCUT2D eigenvalue weighted by Crippen LogP contribution is 2.33. The fraction of sp³-hybridized carbons (Fsp3) is 0.875. The Hall–Kier alpha value is -2.25. The standard InChI is InChI=1S/C72H131NO18/c1-3-5-7-9-11-13-15-17-19-21-23-25-27-29-31-33-35-37-39-41-43-45-47-49-56(77)55(73-60(78)50-48-46-44-42-40-38-36-34-32-30-28-26-24-22-20-18-16-14-12-10-8-6-4-2)54-86-70-66(84)63(81)68(58(52-75)88-70)91-72-67(85)64(82)69(59(53-76)89-72)90-71-65(83)62(80)61(79)57(51-74)87-71/h16,18,22,24,28,30,47,49,55-59,61-72,74-77,79-85H,3-15,17,19-21,23,25-27,29,31-46,48,50-54H2,1-2H3,(H,73,78)/b18-16-,24-22-,30-28-,49-47+. The lowest BCUT2D eigenvalue weighted by molar-refractivity contribution is -0.379. The molecule has 532 valence electrons. The molecule has 0 bridgehead atoms. The van der Waals surface area contributed by atoms with E-state index in [0.717, 1.165) is 70.6 Å². The molecule has 3 aliphatic rings. The lowest BCUT2D eigenvalue weighted by Crippen LogP contribution is -2.66. The third-order valence-corrected chi connectivity index (χ3v) is 18.1. The molecule has 0 radical (unpaired) electrons. The van der Waals surface area contributed by atoms with Crippen LogP contribution in [-0.2, 0) is 33.2 Å². The summed E-state index contributed by atoms with van der Waals surface area (Å²) in [6, 6.07) is -0.980. The quantitative estimate of drug-likeness (QED) is 0.0199. The summed E-state index contributed by atoms with van der Waals surface area (Å²) in [7, 11) is 0. The van der Waals surface area contributed by atoms with Gasteiger partial charge in [0.1, 0.15) is 73.2 Å². The van der Waals surface area contributed by atoms with Gasteiger partial charge in [0.25, 0.3) is 0 Å². The average Bonchev–Trinajstić information content (AvgIpc) is 0.883. The van der Waals surface area contributed by atoms with Crippen LogP contribution in [0.25, 0.3) is 0 Å². The van der Waals surface area contributed by atoms with Crippen LogP contribution in [0.15, 0.2) is 48.6 Å². The first-order valence-corrected chi connectivity index (χ1v) is 36.4. The van der Waals surface area contributed by atoms with Crippen LogP contribution >= 0.6 is 0 Å². The first-order chi connectivity index (χ1) is 44.3. The van der Waals surface area contributed by atoms with Gasteiger partial charge in [-0.1, -0.05) is 255 Å². The second-order valence-electron chi connectivity index (χ2n) is 26.1. The molecule has 3 saturated heterocycles. The fourth-order valence-electron chi connectivity index (χ4n) is 12.2. The van der Waals surface area contributed by atoms with Crippen molar-refractivity contribution in [2.45, 2.75) is 375 Å². The molecule has 17 atom stereocenters. The summed E-state index contributed by atoms with van der Waals surface area (Å²) in [6.07, 6.45) is 37.9. The third-order valence-electron chi connectivity index (χ3n) is 18.1. The monoisotopic (exact) mass is 1300 g/mol. The minimum absolute atomic E-state index is 0.234. The fourth-order valence-corrected chi connectivity index (χ4v) is 12.2. The van der Waals surface area contributed by atoms with E-state index in [0.29, 0.717) is 6.42 Å². The summed E-state index contributed by atoms with van der Waals surface area (Å²) in [4.78, 5) is 13.4. The molecule has 17 unspecified atom stereocenters. The maximum atomic E-state index is 13.4. The van der Waals surface area contributed by atoms with Crippen molar-refractivity contribution in [3.05, 3.63) is 48.6 Å². The molecule has 3 aliphatic heterocycles. The molecule has 3 rings (SSSR count). The number of unbranched alkanes of at least 4 members (excludes halogenated alkanes) is 34. The molecule has 0 aliphatic carbocycles. The Bertz CT molecular complexity index is 1840. The Balaban J connectivity index is 1.44. The van der Waals surface area contributed by atoms with E-state index in [1.54, 1.807) is 6.08 Å². The van der Waals surface area contributed by atoms with Crippen LogP contribution in [0, 0.1) is 0 Å². The number of hydrogen-bond donors (Lipinski definition) is 12. The topological polar surface area (TPSA) is 307 Å². The summed E-state index contributed by atoms with van der Waals surface area (Å²) < 4.78 is 34.4. The second kappa shape index (κ2) is 53.8. The normalized spacial score (nSPS) is 28.1. The van der Waals surface area contributed by atoms with Crippen molar-refractivity contribution in [1.82, 2.24) is 5.32 Å². The van der Waals surface area contributed by atoms with E-state index >= 15 is 0 Å². The molecule has 19 nitrogen and oxygen atoms in total. The Morgan fingerprint density at radius 2 is 0.725 bits per heavy atom. The van der Waals surface area contributed by atoms with E-state index in [4.69, 9.17) is 28.4 Å². The number of carbonyl (C=O) groups is 1. The molecule has 3 heterocycles. The molecule has 0 spiro atoms. The van der Waals surface area contributed by atoms with Gasteiger partial charge in [0.15, 0.2) is 18.9 Å². The van der Waals surface area contributed by atoms with Crippen molar-refractivity contribution in [2.75, 3.05) is 26.4 Å². The smallest absolute Gasteiger partial charge is 0.220 e. The van der Waals surface area contributed by atoms with Crippen molar-refractivity contribution < 1.29 is 89.4 Å². The summed E-state index contributed by atoms with van der Waals surface area (Å²) in [5.74, 6) is -0.281. The third kappa shape index (κ3) is 35.5. The van der Waals surface area contributed by atoms with Crippen LogP contribution in [0.5, 0.6) is 0 Å². The minimum atomic E-state index is -1.98. The van der Waals surface area contributed by atoms with Gasteiger partial charge in [0, 0.05) is 6.42 Å². The molecule has 0 aromatic carbocycles. The molecule has 0 saturated carbocycles. The highest BCUT2D eigenvalue weighted by molar-refractivity contribution is 5.76. The molecule has 19 heteroatoms. The molecular formula is C72H131NO18. The van der Waals surface area contributed by atoms with E-state index in [1.165, 1.54) is 173 Å². The summed E-state index contributed by atoms with van der Waals surface area (Å²) in [5, 5.41) is 121. The minimum Gasteiger partial charge on any atom is -0.394 e. The Morgan fingerprint density at radius 3 is 1.13 bits per heavy atom. The number of aliphatic hydroxyl groups is 11. The van der Waals surface area contributed by atoms with Crippen LogP contribution in [0.1, 0.15) is 271 Å². The van der Waals surface area contributed by atoms with Crippen molar-refractivity contribution in [2.24, 2.45) is 0 Å². The van der Waals surface area contributed by atoms with Gasteiger partial charge in [0.2, 0.25) is 5.91 Å². The largest absolute Gasteiger partial charge is 0.394 e. The number of amides is 1. The SMILES string of the molecule is CCCCCCC/C=C\C/C=C\C/C=C\CCCCCCCCCCC(=O)NC(COC1OC(CO)C(OC2OC(CO)C(OC3OC(CO)C(O)C(O)C3O)C(O)C2O)C(O)C1O)C(O)/C=C/CCCCCCCCCCCCCCCCCCCCCCC. The van der Waals surface area contributed by atoms with Crippen molar-refractivity contribution in [3.8, 4) is 0 Å². The zero-order valence-corrected chi connectivity index (χ0v) is 56.3. The van der Waals surface area contributed by atoms with Gasteiger partial charge in [-0.05, 0) is 57.8 Å². The van der Waals surface area contributed by atoms with E-state index < -0.39 is 124 Å². The molecule has 0 aromatic rings. The molecule has 12 N–H and O–H groups in total. The first kappa shape index (κ1) is 83.0. The van der Waals surface area contributed by atoms with Crippen LogP contribution < -0.4 is 5.32 Å². The zero-order chi connectivity index (χ0) is 66.1. The number of aliphatic hydroxyl groups excluding tert-OH is 11. The maximum Gasteiger partial charge on any atom is 0.220 e. The highest BCUT2D eigenvalue weighted by atomic mass is 16.8. The molecule has 0 aromatic heterocycles. The van der Waals surface area contributed by atoms with E-state index in [-0.39, 0.29) is 18.9 Å². The number of nitrogens with one attached hydrogen (secondary N) is 1.